The van der Waals surface area contributed by atoms with Crippen molar-refractivity contribution in [2.75, 3.05) is 37.8 Å². The van der Waals surface area contributed by atoms with Crippen molar-refractivity contribution >= 4 is 23.2 Å². The molecule has 2 heterocycles. The Labute approximate surface area is 161 Å². The number of nitrogens with zero attached hydrogens (tertiary/aromatic N) is 1. The minimum atomic E-state index is -0.468. The number of nitrogens with one attached hydrogen (secondary N) is 1. The van der Waals surface area contributed by atoms with Crippen LogP contribution in [0.2, 0.25) is 0 Å². The summed E-state index contributed by atoms with van der Waals surface area (Å²) in [6.07, 6.45) is 0.131. The molecule has 1 unspecified atom stereocenters. The predicted octanol–water partition coefficient (Wildman–Crippen LogP) is 2.42. The molecular formula is C20H20N2O6. The molecular weight excluding hydrogens is 364 g/mol. The Kier molecular flexibility index (Phi) is 4.68. The number of methoxy groups -OCH3 is 2. The molecule has 4 rings (SSSR count). The second-order valence-electron chi connectivity index (χ2n) is 6.50. The van der Waals surface area contributed by atoms with Crippen LogP contribution in [0.3, 0.4) is 0 Å². The topological polar surface area (TPSA) is 86.3 Å². The summed E-state index contributed by atoms with van der Waals surface area (Å²) in [4.78, 5) is 26.8. The zero-order valence-corrected chi connectivity index (χ0v) is 15.6. The standard InChI is InChI=1S/C20H20N2O6/c1-25-14-4-5-15(17(9-14)26-2)22-10-12(7-19(22)23)20(24)21-13-3-6-16-18(8-13)28-11-27-16/h3-6,8-9,12H,7,10-11H2,1-2H3,(H,21,24). The van der Waals surface area contributed by atoms with Crippen LogP contribution < -0.4 is 29.2 Å². The molecule has 2 aliphatic heterocycles. The van der Waals surface area contributed by atoms with E-state index in [0.29, 0.717) is 34.4 Å². The Morgan fingerprint density at radius 2 is 1.93 bits per heavy atom. The summed E-state index contributed by atoms with van der Waals surface area (Å²) in [5.41, 5.74) is 1.22. The fourth-order valence-electron chi connectivity index (χ4n) is 3.34. The third kappa shape index (κ3) is 3.28. The summed E-state index contributed by atoms with van der Waals surface area (Å²) in [6, 6.07) is 10.4. The summed E-state index contributed by atoms with van der Waals surface area (Å²) in [5, 5.41) is 2.85. The molecule has 146 valence electrons. The van der Waals surface area contributed by atoms with Gasteiger partial charge in [-0.3, -0.25) is 9.59 Å². The minimum absolute atomic E-state index is 0.130. The van der Waals surface area contributed by atoms with E-state index in [9.17, 15) is 9.59 Å². The second kappa shape index (κ2) is 7.30. The van der Waals surface area contributed by atoms with Crippen LogP contribution >= 0.6 is 0 Å². The quantitative estimate of drug-likeness (QED) is 0.852. The van der Waals surface area contributed by atoms with E-state index in [0.717, 1.165) is 0 Å². The van der Waals surface area contributed by atoms with E-state index in [1.807, 2.05) is 0 Å². The number of ether oxygens (including phenoxy) is 4. The minimum Gasteiger partial charge on any atom is -0.497 e. The average molecular weight is 384 g/mol. The molecule has 0 radical (unpaired) electrons. The first-order chi connectivity index (χ1) is 13.6. The summed E-state index contributed by atoms with van der Waals surface area (Å²) in [5.74, 6) is 1.56. The van der Waals surface area contributed by atoms with Gasteiger partial charge >= 0.3 is 0 Å². The van der Waals surface area contributed by atoms with Gasteiger partial charge in [0, 0.05) is 30.8 Å². The molecule has 1 N–H and O–H groups in total. The van der Waals surface area contributed by atoms with E-state index in [-0.39, 0.29) is 31.6 Å². The third-order valence-corrected chi connectivity index (χ3v) is 4.81. The van der Waals surface area contributed by atoms with Gasteiger partial charge < -0.3 is 29.2 Å². The molecule has 0 aliphatic carbocycles. The van der Waals surface area contributed by atoms with Gasteiger partial charge in [0.15, 0.2) is 11.5 Å². The van der Waals surface area contributed by atoms with Crippen LogP contribution in [0.15, 0.2) is 36.4 Å². The highest BCUT2D eigenvalue weighted by molar-refractivity contribution is 6.04. The first kappa shape index (κ1) is 18.0. The fraction of sp³-hybridized carbons (Fsp3) is 0.300. The van der Waals surface area contributed by atoms with Crippen LogP contribution in [0.5, 0.6) is 23.0 Å². The highest BCUT2D eigenvalue weighted by atomic mass is 16.7. The van der Waals surface area contributed by atoms with Crippen LogP contribution in [0.4, 0.5) is 11.4 Å². The SMILES string of the molecule is COc1ccc(N2CC(C(=O)Nc3ccc4c(c3)OCO4)CC2=O)c(OC)c1. The number of carbonyl (C=O) groups is 2. The van der Waals surface area contributed by atoms with Crippen LogP contribution in [0, 0.1) is 5.92 Å². The number of benzene rings is 2. The van der Waals surface area contributed by atoms with Crippen molar-refractivity contribution in [3.05, 3.63) is 36.4 Å². The Bertz CT molecular complexity index is 929. The molecule has 1 saturated heterocycles. The lowest BCUT2D eigenvalue weighted by molar-refractivity contribution is -0.122. The van der Waals surface area contributed by atoms with Gasteiger partial charge in [-0.15, -0.1) is 0 Å². The van der Waals surface area contributed by atoms with Gasteiger partial charge in [-0.1, -0.05) is 0 Å². The van der Waals surface area contributed by atoms with E-state index in [2.05, 4.69) is 5.32 Å². The van der Waals surface area contributed by atoms with Gasteiger partial charge in [0.1, 0.15) is 11.5 Å². The van der Waals surface area contributed by atoms with Crippen molar-refractivity contribution in [3.63, 3.8) is 0 Å². The van der Waals surface area contributed by atoms with Gasteiger partial charge in [0.05, 0.1) is 25.8 Å². The molecule has 1 atom stereocenters. The summed E-state index contributed by atoms with van der Waals surface area (Å²) < 4.78 is 21.2. The zero-order valence-electron chi connectivity index (χ0n) is 15.6. The summed E-state index contributed by atoms with van der Waals surface area (Å²) >= 11 is 0. The van der Waals surface area contributed by atoms with E-state index >= 15 is 0 Å². The van der Waals surface area contributed by atoms with Gasteiger partial charge in [-0.2, -0.15) is 0 Å². The lowest BCUT2D eigenvalue weighted by Gasteiger charge is -2.20. The zero-order chi connectivity index (χ0) is 19.7. The monoisotopic (exact) mass is 384 g/mol. The lowest BCUT2D eigenvalue weighted by Crippen LogP contribution is -2.28. The molecule has 0 saturated carbocycles. The normalized spacial score (nSPS) is 17.6. The molecule has 28 heavy (non-hydrogen) atoms. The molecule has 0 bridgehead atoms. The van der Waals surface area contributed by atoms with Gasteiger partial charge in [-0.25, -0.2) is 0 Å². The largest absolute Gasteiger partial charge is 0.497 e. The number of carbonyl (C=O) groups excluding carboxylic acids is 2. The maximum Gasteiger partial charge on any atom is 0.231 e. The number of hydrogen-bond acceptors (Lipinski definition) is 6. The molecule has 2 aromatic rings. The van der Waals surface area contributed by atoms with Crippen molar-refractivity contribution in [3.8, 4) is 23.0 Å². The van der Waals surface area contributed by atoms with Gasteiger partial charge in [-0.05, 0) is 24.3 Å². The van der Waals surface area contributed by atoms with Crippen molar-refractivity contribution in [2.24, 2.45) is 5.92 Å². The first-order valence-corrected chi connectivity index (χ1v) is 8.82. The molecule has 1 fully saturated rings. The molecule has 2 aliphatic rings. The molecule has 0 aromatic heterocycles. The van der Waals surface area contributed by atoms with E-state index in [4.69, 9.17) is 18.9 Å². The highest BCUT2D eigenvalue weighted by Crippen LogP contribution is 2.37. The van der Waals surface area contributed by atoms with Crippen molar-refractivity contribution in [1.29, 1.82) is 0 Å². The van der Waals surface area contributed by atoms with Crippen LogP contribution in [0.1, 0.15) is 6.42 Å². The Balaban J connectivity index is 1.48. The maximum absolute atomic E-state index is 12.7. The fourth-order valence-corrected chi connectivity index (χ4v) is 3.34. The predicted molar refractivity (Wildman–Crippen MR) is 101 cm³/mol. The number of hydrogen-bond donors (Lipinski definition) is 1. The summed E-state index contributed by atoms with van der Waals surface area (Å²) in [7, 11) is 3.09. The van der Waals surface area contributed by atoms with Crippen LogP contribution in [0.25, 0.3) is 0 Å². The molecule has 2 aromatic carbocycles. The smallest absolute Gasteiger partial charge is 0.231 e. The number of anilines is 2. The van der Waals surface area contributed by atoms with Crippen LogP contribution in [-0.2, 0) is 9.59 Å². The first-order valence-electron chi connectivity index (χ1n) is 8.82. The average Bonchev–Trinajstić information content (AvgIpc) is 3.33. The molecule has 0 spiro atoms. The number of rotatable bonds is 5. The van der Waals surface area contributed by atoms with Crippen molar-refractivity contribution in [2.45, 2.75) is 6.42 Å². The van der Waals surface area contributed by atoms with E-state index in [1.165, 1.54) is 7.11 Å². The van der Waals surface area contributed by atoms with Gasteiger partial charge in [0.25, 0.3) is 0 Å². The number of fused-ring (bicyclic) bond motifs is 1. The Hall–Kier alpha value is -3.42. The van der Waals surface area contributed by atoms with E-state index < -0.39 is 5.92 Å². The van der Waals surface area contributed by atoms with Gasteiger partial charge in [0.2, 0.25) is 18.6 Å². The van der Waals surface area contributed by atoms with E-state index in [1.54, 1.807) is 48.4 Å². The summed E-state index contributed by atoms with van der Waals surface area (Å²) in [6.45, 7) is 0.445. The highest BCUT2D eigenvalue weighted by Gasteiger charge is 2.36. The lowest BCUT2D eigenvalue weighted by atomic mass is 10.1. The molecule has 2 amide bonds. The van der Waals surface area contributed by atoms with Crippen LogP contribution in [-0.4, -0.2) is 39.4 Å². The maximum atomic E-state index is 12.7. The van der Waals surface area contributed by atoms with Crippen molar-refractivity contribution < 1.29 is 28.5 Å². The third-order valence-electron chi connectivity index (χ3n) is 4.81. The number of amides is 2. The molecule has 8 heteroatoms. The van der Waals surface area contributed by atoms with Crippen molar-refractivity contribution in [1.82, 2.24) is 0 Å². The second-order valence-corrected chi connectivity index (χ2v) is 6.50. The Morgan fingerprint density at radius 1 is 1.11 bits per heavy atom. The Morgan fingerprint density at radius 3 is 2.71 bits per heavy atom. The molecule has 8 nitrogen and oxygen atoms in total.